The Balaban J connectivity index is 3.12. The van der Waals surface area contributed by atoms with Gasteiger partial charge in [0, 0.05) is 17.7 Å². The number of nitrogens with two attached hydrogens (primary N) is 1. The van der Waals surface area contributed by atoms with E-state index in [1.54, 1.807) is 13.8 Å². The fraction of sp³-hybridized carbons (Fsp3) is 0.455. The second kappa shape index (κ2) is 5.11. The van der Waals surface area contributed by atoms with Crippen molar-refractivity contribution in [3.63, 3.8) is 0 Å². The van der Waals surface area contributed by atoms with E-state index in [0.29, 0.717) is 0 Å². The molecule has 0 fully saturated rings. The van der Waals surface area contributed by atoms with Crippen LogP contribution in [0.25, 0.3) is 0 Å². The highest BCUT2D eigenvalue weighted by atomic mass is 16.6. The van der Waals surface area contributed by atoms with E-state index >= 15 is 0 Å². The van der Waals surface area contributed by atoms with E-state index in [1.165, 1.54) is 18.2 Å². The largest absolute Gasteiger partial charge is 0.508 e. The molecule has 0 unspecified atom stereocenters. The van der Waals surface area contributed by atoms with Gasteiger partial charge in [0.05, 0.1) is 17.1 Å². The van der Waals surface area contributed by atoms with Crippen molar-refractivity contribution in [2.45, 2.75) is 26.0 Å². The summed E-state index contributed by atoms with van der Waals surface area (Å²) in [4.78, 5) is 10.0. The van der Waals surface area contributed by atoms with E-state index in [1.807, 2.05) is 0 Å². The number of phenols is 1. The van der Waals surface area contributed by atoms with E-state index in [4.69, 9.17) is 5.73 Å². The number of aliphatic hydroxyl groups excluding tert-OH is 1. The Kier molecular flexibility index (Phi) is 4.03. The average Bonchev–Trinajstić information content (AvgIpc) is 2.27. The number of hydrogen-bond donors (Lipinski definition) is 3. The van der Waals surface area contributed by atoms with Crippen LogP contribution in [-0.4, -0.2) is 21.2 Å². The quantitative estimate of drug-likeness (QED) is 0.543. The van der Waals surface area contributed by atoms with Crippen LogP contribution >= 0.6 is 0 Å². The van der Waals surface area contributed by atoms with E-state index in [-0.39, 0.29) is 22.9 Å². The summed E-state index contributed by atoms with van der Waals surface area (Å²) in [6.07, 6.45) is -0.872. The van der Waals surface area contributed by atoms with Crippen LogP contribution in [0.5, 0.6) is 5.75 Å². The number of nitrogens with zero attached hydrogens (tertiary/aromatic N) is 1. The van der Waals surface area contributed by atoms with Crippen molar-refractivity contribution in [1.29, 1.82) is 0 Å². The first-order valence-electron chi connectivity index (χ1n) is 5.25. The number of nitro groups is 1. The molecule has 1 rings (SSSR count). The molecule has 0 heterocycles. The van der Waals surface area contributed by atoms with Crippen LogP contribution in [0.2, 0.25) is 0 Å². The number of nitro benzene ring substituents is 1. The van der Waals surface area contributed by atoms with Crippen molar-refractivity contribution >= 4 is 5.69 Å². The molecule has 6 heteroatoms. The second-order valence-corrected chi connectivity index (χ2v) is 4.26. The number of benzene rings is 1. The highest BCUT2D eigenvalue weighted by Crippen LogP contribution is 2.30. The van der Waals surface area contributed by atoms with E-state index in [2.05, 4.69) is 0 Å². The van der Waals surface area contributed by atoms with Crippen molar-refractivity contribution in [1.82, 2.24) is 0 Å². The molecule has 1 aromatic rings. The lowest BCUT2D eigenvalue weighted by Gasteiger charge is -2.22. The molecule has 0 aromatic heterocycles. The third-order valence-electron chi connectivity index (χ3n) is 2.63. The summed E-state index contributed by atoms with van der Waals surface area (Å²) in [5.41, 5.74) is 5.79. The van der Waals surface area contributed by atoms with Gasteiger partial charge in [-0.2, -0.15) is 0 Å². The third kappa shape index (κ3) is 2.92. The molecule has 2 atom stereocenters. The number of rotatable bonds is 4. The molecule has 0 spiro atoms. The Hall–Kier alpha value is -1.66. The van der Waals surface area contributed by atoms with Gasteiger partial charge in [-0.1, -0.05) is 13.8 Å². The van der Waals surface area contributed by atoms with E-state index in [9.17, 15) is 20.3 Å². The predicted octanol–water partition coefficient (Wildman–Crippen LogP) is 1.32. The van der Waals surface area contributed by atoms with Crippen LogP contribution in [0.4, 0.5) is 5.69 Å². The standard InChI is InChI=1S/C11H16N2O4/c1-6(2)11(15)10(12)8-5-7(13(16)17)3-4-9(8)14/h3-6,10-11,14-15H,12H2,1-2H3/t10-,11+/m1/s1. The lowest BCUT2D eigenvalue weighted by molar-refractivity contribution is -0.385. The van der Waals surface area contributed by atoms with Crippen LogP contribution in [0.15, 0.2) is 18.2 Å². The minimum Gasteiger partial charge on any atom is -0.508 e. The van der Waals surface area contributed by atoms with Crippen molar-refractivity contribution in [3.05, 3.63) is 33.9 Å². The maximum Gasteiger partial charge on any atom is 0.270 e. The van der Waals surface area contributed by atoms with Gasteiger partial charge in [-0.15, -0.1) is 0 Å². The minimum absolute atomic E-state index is 0.108. The molecule has 0 amide bonds. The summed E-state index contributed by atoms with van der Waals surface area (Å²) in [7, 11) is 0. The van der Waals surface area contributed by atoms with Gasteiger partial charge < -0.3 is 15.9 Å². The Morgan fingerprint density at radius 3 is 2.47 bits per heavy atom. The molecule has 0 bridgehead atoms. The smallest absolute Gasteiger partial charge is 0.270 e. The van der Waals surface area contributed by atoms with Gasteiger partial charge in [0.1, 0.15) is 5.75 Å². The zero-order chi connectivity index (χ0) is 13.2. The summed E-state index contributed by atoms with van der Waals surface area (Å²) in [6.45, 7) is 3.55. The lowest BCUT2D eigenvalue weighted by atomic mass is 9.93. The average molecular weight is 240 g/mol. The molecule has 0 aliphatic heterocycles. The zero-order valence-corrected chi connectivity index (χ0v) is 9.70. The molecule has 0 saturated heterocycles. The molecular weight excluding hydrogens is 224 g/mol. The molecule has 17 heavy (non-hydrogen) atoms. The fourth-order valence-electron chi connectivity index (χ4n) is 1.52. The topological polar surface area (TPSA) is 110 Å². The van der Waals surface area contributed by atoms with Gasteiger partial charge in [-0.05, 0) is 12.0 Å². The number of hydrogen-bond acceptors (Lipinski definition) is 5. The Bertz CT molecular complexity index is 420. The molecule has 0 saturated carbocycles. The van der Waals surface area contributed by atoms with Gasteiger partial charge >= 0.3 is 0 Å². The Morgan fingerprint density at radius 2 is 2.00 bits per heavy atom. The Labute approximate surface area is 98.8 Å². The van der Waals surface area contributed by atoms with Gasteiger partial charge in [0.15, 0.2) is 0 Å². The Morgan fingerprint density at radius 1 is 1.41 bits per heavy atom. The molecule has 4 N–H and O–H groups in total. The molecule has 0 radical (unpaired) electrons. The SMILES string of the molecule is CC(C)[C@H](O)[C@H](N)c1cc([N+](=O)[O-])ccc1O. The maximum atomic E-state index is 10.6. The second-order valence-electron chi connectivity index (χ2n) is 4.26. The molecule has 0 aliphatic rings. The van der Waals surface area contributed by atoms with E-state index in [0.717, 1.165) is 0 Å². The normalized spacial score (nSPS) is 14.6. The van der Waals surface area contributed by atoms with Crippen molar-refractivity contribution in [2.75, 3.05) is 0 Å². The molecule has 94 valence electrons. The van der Waals surface area contributed by atoms with Gasteiger partial charge in [0.25, 0.3) is 5.69 Å². The highest BCUT2D eigenvalue weighted by Gasteiger charge is 2.24. The molecular formula is C11H16N2O4. The number of aromatic hydroxyl groups is 1. The third-order valence-corrected chi connectivity index (χ3v) is 2.63. The monoisotopic (exact) mass is 240 g/mol. The van der Waals surface area contributed by atoms with Gasteiger partial charge in [0.2, 0.25) is 0 Å². The van der Waals surface area contributed by atoms with Gasteiger partial charge in [-0.25, -0.2) is 0 Å². The molecule has 6 nitrogen and oxygen atoms in total. The van der Waals surface area contributed by atoms with Crippen LogP contribution in [0.3, 0.4) is 0 Å². The summed E-state index contributed by atoms with van der Waals surface area (Å²) in [5.74, 6) is -0.258. The van der Waals surface area contributed by atoms with Crippen LogP contribution in [0.1, 0.15) is 25.5 Å². The maximum absolute atomic E-state index is 10.6. The van der Waals surface area contributed by atoms with Crippen molar-refractivity contribution in [3.8, 4) is 5.75 Å². The fourth-order valence-corrected chi connectivity index (χ4v) is 1.52. The van der Waals surface area contributed by atoms with E-state index < -0.39 is 17.1 Å². The molecule has 0 aliphatic carbocycles. The summed E-state index contributed by atoms with van der Waals surface area (Å²) in [6, 6.07) is 2.73. The highest BCUT2D eigenvalue weighted by molar-refractivity contribution is 5.44. The van der Waals surface area contributed by atoms with Gasteiger partial charge in [-0.3, -0.25) is 10.1 Å². The lowest BCUT2D eigenvalue weighted by Crippen LogP contribution is -2.30. The van der Waals surface area contributed by atoms with Crippen LogP contribution in [0, 0.1) is 16.0 Å². The first-order valence-corrected chi connectivity index (χ1v) is 5.25. The molecule has 1 aromatic carbocycles. The van der Waals surface area contributed by atoms with Crippen LogP contribution in [-0.2, 0) is 0 Å². The number of phenolic OH excluding ortho intramolecular Hbond substituents is 1. The first kappa shape index (κ1) is 13.4. The number of non-ortho nitro benzene ring substituents is 1. The van der Waals surface area contributed by atoms with Crippen molar-refractivity contribution < 1.29 is 15.1 Å². The van der Waals surface area contributed by atoms with Crippen molar-refractivity contribution in [2.24, 2.45) is 11.7 Å². The summed E-state index contributed by atoms with van der Waals surface area (Å²) < 4.78 is 0. The zero-order valence-electron chi connectivity index (χ0n) is 9.70. The predicted molar refractivity (Wildman–Crippen MR) is 62.5 cm³/mol. The summed E-state index contributed by atoms with van der Waals surface area (Å²) in [5, 5.41) is 30.0. The number of aliphatic hydroxyl groups is 1. The van der Waals surface area contributed by atoms with Crippen LogP contribution < -0.4 is 5.73 Å². The first-order chi connectivity index (χ1) is 7.84. The summed E-state index contributed by atoms with van der Waals surface area (Å²) >= 11 is 0. The minimum atomic E-state index is -0.872.